The van der Waals surface area contributed by atoms with E-state index in [0.29, 0.717) is 0 Å². The monoisotopic (exact) mass is 334 g/mol. The van der Waals surface area contributed by atoms with Crippen LogP contribution in [-0.2, 0) is 6.42 Å². The topological polar surface area (TPSA) is 17.1 Å². The number of hydrogen-bond acceptors (Lipinski definition) is 1. The van der Waals surface area contributed by atoms with Gasteiger partial charge in [0.05, 0.1) is 0 Å². The predicted molar refractivity (Wildman–Crippen MR) is 107 cm³/mol. The normalized spacial score (nSPS) is 12.0. The second kappa shape index (κ2) is 5.67. The molecule has 0 atom stereocenters. The van der Waals surface area contributed by atoms with E-state index in [-0.39, 0.29) is 5.78 Å². The summed E-state index contributed by atoms with van der Waals surface area (Å²) in [5.41, 5.74) is 7.75. The SMILES string of the molecule is Cc1ccc2ccccc2c1C(=O)c1ccc2c(c1)Cc1ccccc1-2. The lowest BCUT2D eigenvalue weighted by atomic mass is 9.92. The average molecular weight is 334 g/mol. The molecule has 0 aromatic heterocycles. The molecule has 1 heteroatoms. The zero-order valence-electron chi connectivity index (χ0n) is 14.6. The van der Waals surface area contributed by atoms with Gasteiger partial charge in [-0.3, -0.25) is 4.79 Å². The predicted octanol–water partition coefficient (Wildman–Crippen LogP) is 5.95. The molecule has 5 rings (SSSR count). The highest BCUT2D eigenvalue weighted by molar-refractivity contribution is 6.17. The third kappa shape index (κ3) is 2.21. The first kappa shape index (κ1) is 15.1. The van der Waals surface area contributed by atoms with Crippen LogP contribution < -0.4 is 0 Å². The number of ketones is 1. The van der Waals surface area contributed by atoms with E-state index in [0.717, 1.165) is 33.9 Å². The van der Waals surface area contributed by atoms with Crippen molar-refractivity contribution in [2.75, 3.05) is 0 Å². The van der Waals surface area contributed by atoms with Crippen LogP contribution in [0.2, 0.25) is 0 Å². The Labute approximate surface area is 152 Å². The van der Waals surface area contributed by atoms with E-state index in [4.69, 9.17) is 0 Å². The maximum Gasteiger partial charge on any atom is 0.193 e. The van der Waals surface area contributed by atoms with Crippen molar-refractivity contribution in [1.29, 1.82) is 0 Å². The second-order valence-corrected chi connectivity index (χ2v) is 7.01. The van der Waals surface area contributed by atoms with Crippen molar-refractivity contribution in [3.63, 3.8) is 0 Å². The summed E-state index contributed by atoms with van der Waals surface area (Å²) >= 11 is 0. The molecule has 0 bridgehead atoms. The van der Waals surface area contributed by atoms with Crippen LogP contribution >= 0.6 is 0 Å². The fourth-order valence-electron chi connectivity index (χ4n) is 4.11. The highest BCUT2D eigenvalue weighted by Crippen LogP contribution is 2.37. The Balaban J connectivity index is 1.63. The van der Waals surface area contributed by atoms with E-state index in [9.17, 15) is 4.79 Å². The van der Waals surface area contributed by atoms with Gasteiger partial charge in [0.15, 0.2) is 5.78 Å². The van der Waals surface area contributed by atoms with Crippen LogP contribution in [0.5, 0.6) is 0 Å². The van der Waals surface area contributed by atoms with Crippen molar-refractivity contribution >= 4 is 16.6 Å². The molecule has 0 heterocycles. The second-order valence-electron chi connectivity index (χ2n) is 7.01. The van der Waals surface area contributed by atoms with Gasteiger partial charge in [0.25, 0.3) is 0 Å². The van der Waals surface area contributed by atoms with Gasteiger partial charge < -0.3 is 0 Å². The molecule has 0 N–H and O–H groups in total. The van der Waals surface area contributed by atoms with Crippen LogP contribution in [-0.4, -0.2) is 5.78 Å². The first-order chi connectivity index (χ1) is 12.7. The van der Waals surface area contributed by atoms with Gasteiger partial charge in [-0.2, -0.15) is 0 Å². The van der Waals surface area contributed by atoms with Gasteiger partial charge >= 0.3 is 0 Å². The number of rotatable bonds is 2. The number of hydrogen-bond donors (Lipinski definition) is 0. The van der Waals surface area contributed by atoms with E-state index in [1.54, 1.807) is 0 Å². The van der Waals surface area contributed by atoms with Crippen LogP contribution in [0.15, 0.2) is 78.9 Å². The van der Waals surface area contributed by atoms with Crippen LogP contribution in [0.4, 0.5) is 0 Å². The van der Waals surface area contributed by atoms with E-state index >= 15 is 0 Å². The highest BCUT2D eigenvalue weighted by atomic mass is 16.1. The molecule has 0 amide bonds. The zero-order valence-corrected chi connectivity index (χ0v) is 14.6. The van der Waals surface area contributed by atoms with Crippen molar-refractivity contribution in [2.45, 2.75) is 13.3 Å². The van der Waals surface area contributed by atoms with Crippen LogP contribution in [0.3, 0.4) is 0 Å². The van der Waals surface area contributed by atoms with Crippen LogP contribution in [0.1, 0.15) is 32.6 Å². The summed E-state index contributed by atoms with van der Waals surface area (Å²) < 4.78 is 0. The summed E-state index contributed by atoms with van der Waals surface area (Å²) in [7, 11) is 0. The lowest BCUT2D eigenvalue weighted by Crippen LogP contribution is -2.05. The molecule has 4 aromatic rings. The molecule has 0 unspecified atom stereocenters. The summed E-state index contributed by atoms with van der Waals surface area (Å²) in [5, 5.41) is 2.14. The summed E-state index contributed by atoms with van der Waals surface area (Å²) in [6.45, 7) is 2.02. The maximum atomic E-state index is 13.4. The van der Waals surface area contributed by atoms with E-state index in [1.807, 2.05) is 37.3 Å². The Bertz CT molecular complexity index is 1180. The molecule has 124 valence electrons. The standard InChI is InChI=1S/C25H18O/c1-16-10-11-17-6-2-5-9-23(17)24(16)25(26)19-12-13-22-20(15-19)14-18-7-3-4-8-21(18)22/h2-13,15H,14H2,1H3. The number of carbonyl (C=O) groups excluding carboxylic acids is 1. The third-order valence-electron chi connectivity index (χ3n) is 5.42. The molecule has 0 aliphatic heterocycles. The lowest BCUT2D eigenvalue weighted by molar-refractivity contribution is 0.103. The number of carbonyl (C=O) groups is 1. The van der Waals surface area contributed by atoms with Gasteiger partial charge in [0.2, 0.25) is 0 Å². The molecule has 1 aliphatic rings. The largest absolute Gasteiger partial charge is 0.289 e. The summed E-state index contributed by atoms with van der Waals surface area (Å²) in [4.78, 5) is 13.4. The molecule has 0 radical (unpaired) electrons. The Morgan fingerprint density at radius 3 is 2.46 bits per heavy atom. The lowest BCUT2D eigenvalue weighted by Gasteiger charge is -2.11. The van der Waals surface area contributed by atoms with Gasteiger partial charge in [0, 0.05) is 11.1 Å². The maximum absolute atomic E-state index is 13.4. The van der Waals surface area contributed by atoms with E-state index < -0.39 is 0 Å². The third-order valence-corrected chi connectivity index (χ3v) is 5.42. The quantitative estimate of drug-likeness (QED) is 0.365. The van der Waals surface area contributed by atoms with Crippen molar-refractivity contribution in [3.05, 3.63) is 107 Å². The smallest absolute Gasteiger partial charge is 0.193 e. The fraction of sp³-hybridized carbons (Fsp3) is 0.0800. The Morgan fingerprint density at radius 2 is 1.54 bits per heavy atom. The van der Waals surface area contributed by atoms with Gasteiger partial charge in [-0.05, 0) is 58.0 Å². The van der Waals surface area contributed by atoms with Crippen molar-refractivity contribution < 1.29 is 4.79 Å². The molecule has 0 saturated heterocycles. The van der Waals surface area contributed by atoms with Crippen molar-refractivity contribution in [2.24, 2.45) is 0 Å². The highest BCUT2D eigenvalue weighted by Gasteiger charge is 2.21. The minimum Gasteiger partial charge on any atom is -0.289 e. The average Bonchev–Trinajstić information content (AvgIpc) is 3.05. The van der Waals surface area contributed by atoms with Crippen LogP contribution in [0, 0.1) is 6.92 Å². The molecule has 0 saturated carbocycles. The minimum absolute atomic E-state index is 0.109. The zero-order chi connectivity index (χ0) is 17.7. The summed E-state index contributed by atoms with van der Waals surface area (Å²) in [5.74, 6) is 0.109. The molecule has 1 aliphatic carbocycles. The molecule has 0 spiro atoms. The molecule has 1 nitrogen and oxygen atoms in total. The molecular formula is C25H18O. The van der Waals surface area contributed by atoms with Gasteiger partial charge in [-0.15, -0.1) is 0 Å². The van der Waals surface area contributed by atoms with Gasteiger partial charge in [-0.25, -0.2) is 0 Å². The Morgan fingerprint density at radius 1 is 0.769 bits per heavy atom. The van der Waals surface area contributed by atoms with Gasteiger partial charge in [0.1, 0.15) is 0 Å². The van der Waals surface area contributed by atoms with E-state index in [1.165, 1.54) is 22.3 Å². The molecular weight excluding hydrogens is 316 g/mol. The summed E-state index contributed by atoms with van der Waals surface area (Å²) in [6, 6.07) is 26.9. The van der Waals surface area contributed by atoms with Gasteiger partial charge in [-0.1, -0.05) is 72.8 Å². The first-order valence-electron chi connectivity index (χ1n) is 8.96. The fourth-order valence-corrected chi connectivity index (χ4v) is 4.11. The number of aryl methyl sites for hydroxylation is 1. The molecule has 26 heavy (non-hydrogen) atoms. The first-order valence-corrected chi connectivity index (χ1v) is 8.96. The Hall–Kier alpha value is -3.19. The molecule has 4 aromatic carbocycles. The minimum atomic E-state index is 0.109. The number of benzene rings is 4. The number of fused-ring (bicyclic) bond motifs is 4. The summed E-state index contributed by atoms with van der Waals surface area (Å²) in [6.07, 6.45) is 0.904. The molecule has 0 fully saturated rings. The van der Waals surface area contributed by atoms with Crippen molar-refractivity contribution in [1.82, 2.24) is 0 Å². The Kier molecular flexibility index (Phi) is 3.29. The van der Waals surface area contributed by atoms with E-state index in [2.05, 4.69) is 48.5 Å². The van der Waals surface area contributed by atoms with Crippen LogP contribution in [0.25, 0.3) is 21.9 Å². The van der Waals surface area contributed by atoms with Crippen molar-refractivity contribution in [3.8, 4) is 11.1 Å².